The zero-order valence-electron chi connectivity index (χ0n) is 14.3. The van der Waals surface area contributed by atoms with Gasteiger partial charge in [-0.2, -0.15) is 9.78 Å². The van der Waals surface area contributed by atoms with E-state index >= 15 is 0 Å². The molecule has 1 aliphatic heterocycles. The number of benzene rings is 2. The lowest BCUT2D eigenvalue weighted by molar-refractivity contribution is 0.174. The number of nitrogens with zero attached hydrogens (tertiary/aromatic N) is 2. The Balaban J connectivity index is 1.57. The fourth-order valence-corrected chi connectivity index (χ4v) is 3.07. The summed E-state index contributed by atoms with van der Waals surface area (Å²) in [5.74, 6) is 1.42. The minimum absolute atomic E-state index is 0.0578. The molecule has 4 rings (SSSR count). The van der Waals surface area contributed by atoms with Crippen molar-refractivity contribution in [3.05, 3.63) is 74.1 Å². The Morgan fingerprint density at radius 1 is 1.15 bits per heavy atom. The van der Waals surface area contributed by atoms with E-state index in [4.69, 9.17) is 32.7 Å². The highest BCUT2D eigenvalue weighted by molar-refractivity contribution is 6.33. The topological polar surface area (TPSA) is 65.4 Å². The molecule has 1 aliphatic rings. The molecule has 0 atom stereocenters. The maximum atomic E-state index is 12.6. The van der Waals surface area contributed by atoms with Gasteiger partial charge in [0.05, 0.1) is 17.6 Å². The van der Waals surface area contributed by atoms with Crippen LogP contribution in [0.15, 0.2) is 47.4 Å². The van der Waals surface area contributed by atoms with Gasteiger partial charge in [0, 0.05) is 11.6 Å². The summed E-state index contributed by atoms with van der Waals surface area (Å²) in [5.41, 5.74) is 2.47. The van der Waals surface area contributed by atoms with E-state index in [9.17, 15) is 4.79 Å². The number of hydrogen-bond acceptors (Lipinski definition) is 5. The van der Waals surface area contributed by atoms with Gasteiger partial charge in [0.25, 0.3) is 5.56 Å². The lowest BCUT2D eigenvalue weighted by Gasteiger charge is -2.11. The summed E-state index contributed by atoms with van der Waals surface area (Å²) in [6.45, 7) is 2.57. The van der Waals surface area contributed by atoms with Gasteiger partial charge in [-0.15, -0.1) is 0 Å². The van der Waals surface area contributed by atoms with Gasteiger partial charge < -0.3 is 14.8 Å². The minimum Gasteiger partial charge on any atom is -0.454 e. The molecule has 1 aromatic heterocycles. The lowest BCUT2D eigenvalue weighted by atomic mass is 10.2. The van der Waals surface area contributed by atoms with E-state index in [1.807, 2.05) is 31.2 Å². The van der Waals surface area contributed by atoms with Crippen molar-refractivity contribution in [2.24, 2.45) is 0 Å². The molecule has 0 fully saturated rings. The summed E-state index contributed by atoms with van der Waals surface area (Å²) in [5, 5.41) is 7.95. The Morgan fingerprint density at radius 3 is 2.78 bits per heavy atom. The van der Waals surface area contributed by atoms with Gasteiger partial charge in [0.2, 0.25) is 6.79 Å². The van der Waals surface area contributed by atoms with Gasteiger partial charge in [-0.1, -0.05) is 35.3 Å². The first-order chi connectivity index (χ1) is 13.0. The molecule has 2 aromatic carbocycles. The number of aryl methyl sites for hydroxylation is 1. The quantitative estimate of drug-likeness (QED) is 0.707. The van der Waals surface area contributed by atoms with Gasteiger partial charge in [0.15, 0.2) is 11.5 Å². The Hall–Kier alpha value is -2.70. The van der Waals surface area contributed by atoms with Gasteiger partial charge in [-0.3, -0.25) is 4.79 Å². The van der Waals surface area contributed by atoms with Gasteiger partial charge >= 0.3 is 0 Å². The summed E-state index contributed by atoms with van der Waals surface area (Å²) in [4.78, 5) is 12.6. The highest BCUT2D eigenvalue weighted by Crippen LogP contribution is 2.32. The van der Waals surface area contributed by atoms with Crippen LogP contribution >= 0.6 is 23.2 Å². The monoisotopic (exact) mass is 403 g/mol. The van der Waals surface area contributed by atoms with Crippen LogP contribution in [-0.4, -0.2) is 16.6 Å². The summed E-state index contributed by atoms with van der Waals surface area (Å²) >= 11 is 12.4. The highest BCUT2D eigenvalue weighted by Gasteiger charge is 2.14. The molecule has 0 unspecified atom stereocenters. The third kappa shape index (κ3) is 3.46. The van der Waals surface area contributed by atoms with Crippen LogP contribution in [0.4, 0.5) is 5.69 Å². The van der Waals surface area contributed by atoms with Crippen LogP contribution in [0.3, 0.4) is 0 Å². The predicted molar refractivity (Wildman–Crippen MR) is 104 cm³/mol. The fourth-order valence-electron chi connectivity index (χ4n) is 2.70. The molecular formula is C19H15Cl2N3O3. The van der Waals surface area contributed by atoms with E-state index in [0.29, 0.717) is 28.7 Å². The second kappa shape index (κ2) is 7.13. The molecule has 0 spiro atoms. The molecule has 0 saturated heterocycles. The van der Waals surface area contributed by atoms with Crippen LogP contribution in [0.1, 0.15) is 11.1 Å². The van der Waals surface area contributed by atoms with Crippen LogP contribution in [-0.2, 0) is 6.54 Å². The normalized spacial score (nSPS) is 12.3. The van der Waals surface area contributed by atoms with Gasteiger partial charge in [-0.25, -0.2) is 0 Å². The Kier molecular flexibility index (Phi) is 4.68. The second-order valence-corrected chi connectivity index (χ2v) is 6.85. The molecule has 6 nitrogen and oxygen atoms in total. The number of aromatic nitrogens is 2. The van der Waals surface area contributed by atoms with Crippen molar-refractivity contribution in [2.45, 2.75) is 13.5 Å². The van der Waals surface area contributed by atoms with Crippen molar-refractivity contribution in [3.8, 4) is 17.2 Å². The number of nitrogens with one attached hydrogen (secondary N) is 1. The number of ether oxygens (including phenoxy) is 2. The van der Waals surface area contributed by atoms with Crippen molar-refractivity contribution in [2.75, 3.05) is 12.1 Å². The summed E-state index contributed by atoms with van der Waals surface area (Å²) < 4.78 is 11.9. The van der Waals surface area contributed by atoms with Gasteiger partial charge in [-0.05, 0) is 42.3 Å². The lowest BCUT2D eigenvalue weighted by Crippen LogP contribution is -2.22. The maximum Gasteiger partial charge on any atom is 0.292 e. The first-order valence-corrected chi connectivity index (χ1v) is 8.95. The predicted octanol–water partition coefficient (Wildman–Crippen LogP) is 4.19. The van der Waals surface area contributed by atoms with Crippen molar-refractivity contribution in [3.63, 3.8) is 0 Å². The van der Waals surface area contributed by atoms with Crippen molar-refractivity contribution >= 4 is 28.9 Å². The molecule has 1 N–H and O–H groups in total. The number of fused-ring (bicyclic) bond motifs is 1. The zero-order chi connectivity index (χ0) is 19.0. The third-order valence-corrected chi connectivity index (χ3v) is 5.01. The molecule has 0 saturated carbocycles. The van der Waals surface area contributed by atoms with Crippen LogP contribution in [0.5, 0.6) is 11.5 Å². The number of rotatable bonds is 4. The zero-order valence-corrected chi connectivity index (χ0v) is 15.8. The Bertz CT molecular complexity index is 1080. The summed E-state index contributed by atoms with van der Waals surface area (Å²) in [6.07, 6.45) is 1.52. The van der Waals surface area contributed by atoms with Crippen LogP contribution in [0.2, 0.25) is 10.0 Å². The molecule has 8 heteroatoms. The average molecular weight is 404 g/mol. The van der Waals surface area contributed by atoms with Crippen molar-refractivity contribution < 1.29 is 9.47 Å². The molecule has 2 heterocycles. The second-order valence-electron chi connectivity index (χ2n) is 6.06. The molecule has 27 heavy (non-hydrogen) atoms. The maximum absolute atomic E-state index is 12.6. The van der Waals surface area contributed by atoms with Crippen LogP contribution in [0, 0.1) is 6.92 Å². The SMILES string of the molecule is Cc1ccc(-n2ncc(NCc3ccc4c(c3)OCO4)c(Cl)c2=O)cc1Cl. The van der Waals surface area contributed by atoms with Crippen molar-refractivity contribution in [1.29, 1.82) is 0 Å². The molecule has 0 radical (unpaired) electrons. The van der Waals surface area contributed by atoms with Crippen LogP contribution < -0.4 is 20.3 Å². The first kappa shape index (κ1) is 17.7. The van der Waals surface area contributed by atoms with E-state index < -0.39 is 5.56 Å². The third-order valence-electron chi connectivity index (χ3n) is 4.24. The molecular weight excluding hydrogens is 389 g/mol. The van der Waals surface area contributed by atoms with Crippen molar-refractivity contribution in [1.82, 2.24) is 9.78 Å². The van der Waals surface area contributed by atoms with E-state index in [-0.39, 0.29) is 11.8 Å². The molecule has 3 aromatic rings. The van der Waals surface area contributed by atoms with E-state index in [1.54, 1.807) is 12.1 Å². The Labute approximate surface area is 165 Å². The number of halogens is 2. The van der Waals surface area contributed by atoms with Gasteiger partial charge in [0.1, 0.15) is 5.02 Å². The van der Waals surface area contributed by atoms with E-state index in [2.05, 4.69) is 10.4 Å². The number of hydrogen-bond donors (Lipinski definition) is 1. The minimum atomic E-state index is -0.424. The molecule has 0 bridgehead atoms. The number of anilines is 1. The van der Waals surface area contributed by atoms with E-state index in [1.165, 1.54) is 10.9 Å². The van der Waals surface area contributed by atoms with E-state index in [0.717, 1.165) is 16.9 Å². The molecule has 138 valence electrons. The largest absolute Gasteiger partial charge is 0.454 e. The smallest absolute Gasteiger partial charge is 0.292 e. The van der Waals surface area contributed by atoms with Crippen LogP contribution in [0.25, 0.3) is 5.69 Å². The summed E-state index contributed by atoms with van der Waals surface area (Å²) in [6, 6.07) is 10.9. The highest BCUT2D eigenvalue weighted by atomic mass is 35.5. The summed E-state index contributed by atoms with van der Waals surface area (Å²) in [7, 11) is 0. The Morgan fingerprint density at radius 2 is 1.96 bits per heavy atom. The standard InChI is InChI=1S/C19H15Cl2N3O3/c1-11-2-4-13(7-14(11)20)24-19(25)18(21)15(9-23-24)22-8-12-3-5-16-17(6-12)27-10-26-16/h2-7,9,22H,8,10H2,1H3. The fraction of sp³-hybridized carbons (Fsp3) is 0.158. The molecule has 0 amide bonds. The first-order valence-electron chi connectivity index (χ1n) is 8.19. The average Bonchev–Trinajstić information content (AvgIpc) is 3.13. The molecule has 0 aliphatic carbocycles.